The Bertz CT molecular complexity index is 1240. The molecule has 0 atom stereocenters. The summed E-state index contributed by atoms with van der Waals surface area (Å²) in [5, 5.41) is 1.22. The van der Waals surface area contributed by atoms with Crippen molar-refractivity contribution in [1.82, 2.24) is 14.5 Å². The van der Waals surface area contributed by atoms with Gasteiger partial charge in [0.2, 0.25) is 5.89 Å². The highest BCUT2D eigenvalue weighted by Gasteiger charge is 2.13. The van der Waals surface area contributed by atoms with Crippen molar-refractivity contribution in [2.45, 2.75) is 30.8 Å². The first kappa shape index (κ1) is 21.3. The van der Waals surface area contributed by atoms with Gasteiger partial charge in [-0.1, -0.05) is 30.0 Å². The molecular weight excluding hydrogens is 417 g/mol. The van der Waals surface area contributed by atoms with Crippen LogP contribution in [-0.4, -0.2) is 27.7 Å². The molecule has 4 rings (SSSR count). The molecule has 2 aromatic heterocycles. The molecule has 6 nitrogen and oxygen atoms in total. The lowest BCUT2D eigenvalue weighted by molar-refractivity contribution is 0.140. The molecule has 0 spiro atoms. The number of hydrogen-bond donors (Lipinski definition) is 0. The molecule has 0 aliphatic rings. The minimum Gasteiger partial charge on any atom is -0.444 e. The van der Waals surface area contributed by atoms with E-state index >= 15 is 0 Å². The third-order valence-electron chi connectivity index (χ3n) is 4.67. The van der Waals surface area contributed by atoms with E-state index in [0.29, 0.717) is 58.7 Å². The maximum absolute atomic E-state index is 13.5. The van der Waals surface area contributed by atoms with Crippen LogP contribution in [0.25, 0.3) is 22.4 Å². The third kappa shape index (κ3) is 5.03. The summed E-state index contributed by atoms with van der Waals surface area (Å²) in [6, 6.07) is 13.4. The van der Waals surface area contributed by atoms with Gasteiger partial charge in [-0.05, 0) is 43.7 Å². The first-order chi connectivity index (χ1) is 15.2. The average Bonchev–Trinajstić information content (AvgIpc) is 3.26. The summed E-state index contributed by atoms with van der Waals surface area (Å²) < 4.78 is 26.1. The number of benzene rings is 2. The number of hydrogen-bond acceptors (Lipinski definition) is 6. The van der Waals surface area contributed by atoms with Gasteiger partial charge in [-0.25, -0.2) is 14.4 Å². The molecule has 0 fully saturated rings. The monoisotopic (exact) mass is 439 g/mol. The van der Waals surface area contributed by atoms with Crippen LogP contribution in [0.3, 0.4) is 0 Å². The van der Waals surface area contributed by atoms with Crippen LogP contribution >= 0.6 is 11.8 Å². The van der Waals surface area contributed by atoms with Crippen molar-refractivity contribution in [3.8, 4) is 11.5 Å². The Labute approximate surface area is 183 Å². The molecule has 2 heterocycles. The summed E-state index contributed by atoms with van der Waals surface area (Å²) in [6.45, 7) is 3.69. The number of halogens is 1. The van der Waals surface area contributed by atoms with Crippen LogP contribution < -0.4 is 5.56 Å². The molecule has 8 heteroatoms. The number of para-hydroxylation sites is 1. The first-order valence-electron chi connectivity index (χ1n) is 10.1. The molecule has 0 N–H and O–H groups in total. The first-order valence-corrected chi connectivity index (χ1v) is 11.0. The van der Waals surface area contributed by atoms with E-state index < -0.39 is 0 Å². The number of thioether (sulfide) groups is 1. The maximum Gasteiger partial charge on any atom is 0.262 e. The molecule has 0 aliphatic carbocycles. The van der Waals surface area contributed by atoms with Crippen molar-refractivity contribution in [3.63, 3.8) is 0 Å². The van der Waals surface area contributed by atoms with Crippen LogP contribution in [0.1, 0.15) is 19.0 Å². The molecule has 160 valence electrons. The number of rotatable bonds is 9. The Morgan fingerprint density at radius 3 is 2.87 bits per heavy atom. The van der Waals surface area contributed by atoms with Gasteiger partial charge < -0.3 is 9.15 Å². The second kappa shape index (κ2) is 9.89. The second-order valence-electron chi connectivity index (χ2n) is 6.86. The van der Waals surface area contributed by atoms with Crippen LogP contribution in [0.15, 0.2) is 69.2 Å². The van der Waals surface area contributed by atoms with Crippen molar-refractivity contribution in [2.24, 2.45) is 0 Å². The summed E-state index contributed by atoms with van der Waals surface area (Å²) in [4.78, 5) is 22.2. The number of fused-ring (bicyclic) bond motifs is 1. The molecule has 0 amide bonds. The molecular formula is C23H22FN3O3S. The van der Waals surface area contributed by atoms with E-state index in [1.165, 1.54) is 23.9 Å². The van der Waals surface area contributed by atoms with E-state index in [2.05, 4.69) is 4.98 Å². The largest absolute Gasteiger partial charge is 0.444 e. The zero-order valence-corrected chi connectivity index (χ0v) is 17.9. The molecule has 0 bridgehead atoms. The highest BCUT2D eigenvalue weighted by Crippen LogP contribution is 2.25. The standard InChI is InChI=1S/C23H22FN3O3S/c1-2-29-12-6-11-27-22(28)19-9-3-4-10-20(19)26-23(27)31-15-18-14-30-21(25-18)16-7-5-8-17(24)13-16/h3-5,7-10,13-14H,2,6,11-12,15H2,1H3. The highest BCUT2D eigenvalue weighted by molar-refractivity contribution is 7.98. The van der Waals surface area contributed by atoms with Crippen LogP contribution in [0.5, 0.6) is 0 Å². The highest BCUT2D eigenvalue weighted by atomic mass is 32.2. The number of ether oxygens (including phenoxy) is 1. The lowest BCUT2D eigenvalue weighted by atomic mass is 10.2. The topological polar surface area (TPSA) is 70.2 Å². The van der Waals surface area contributed by atoms with Crippen molar-refractivity contribution in [3.05, 3.63) is 76.7 Å². The van der Waals surface area contributed by atoms with Crippen molar-refractivity contribution in [1.29, 1.82) is 0 Å². The van der Waals surface area contributed by atoms with Gasteiger partial charge in [0.1, 0.15) is 12.1 Å². The van der Waals surface area contributed by atoms with E-state index in [-0.39, 0.29) is 11.4 Å². The zero-order valence-electron chi connectivity index (χ0n) is 17.1. The van der Waals surface area contributed by atoms with Gasteiger partial charge in [0, 0.05) is 31.1 Å². The summed E-state index contributed by atoms with van der Waals surface area (Å²) in [5.41, 5.74) is 1.86. The van der Waals surface area contributed by atoms with E-state index in [1.807, 2.05) is 25.1 Å². The van der Waals surface area contributed by atoms with E-state index in [1.54, 1.807) is 29.0 Å². The SMILES string of the molecule is CCOCCCn1c(SCc2coc(-c3cccc(F)c3)n2)nc2ccccc2c1=O. The van der Waals surface area contributed by atoms with Crippen molar-refractivity contribution in [2.75, 3.05) is 13.2 Å². The van der Waals surface area contributed by atoms with Crippen molar-refractivity contribution < 1.29 is 13.5 Å². The van der Waals surface area contributed by atoms with Crippen LogP contribution in [0, 0.1) is 5.82 Å². The summed E-state index contributed by atoms with van der Waals surface area (Å²) in [5.74, 6) is 0.480. The normalized spacial score (nSPS) is 11.3. The third-order valence-corrected chi connectivity index (χ3v) is 5.68. The van der Waals surface area contributed by atoms with Gasteiger partial charge in [-0.15, -0.1) is 0 Å². The number of aromatic nitrogens is 3. The molecule has 0 unspecified atom stereocenters. The fourth-order valence-corrected chi connectivity index (χ4v) is 4.09. The zero-order chi connectivity index (χ0) is 21.6. The van der Waals surface area contributed by atoms with Crippen LogP contribution in [0.4, 0.5) is 4.39 Å². The van der Waals surface area contributed by atoms with Gasteiger partial charge in [0.15, 0.2) is 5.16 Å². The smallest absolute Gasteiger partial charge is 0.262 e. The van der Waals surface area contributed by atoms with Gasteiger partial charge in [-0.2, -0.15) is 0 Å². The fraction of sp³-hybridized carbons (Fsp3) is 0.261. The number of nitrogens with zero attached hydrogens (tertiary/aromatic N) is 3. The summed E-state index contributed by atoms with van der Waals surface area (Å²) >= 11 is 1.42. The molecule has 31 heavy (non-hydrogen) atoms. The van der Waals surface area contributed by atoms with Gasteiger partial charge >= 0.3 is 0 Å². The molecule has 0 aliphatic heterocycles. The minimum atomic E-state index is -0.344. The van der Waals surface area contributed by atoms with E-state index in [0.717, 1.165) is 6.42 Å². The Kier molecular flexibility index (Phi) is 6.79. The quantitative estimate of drug-likeness (QED) is 0.210. The van der Waals surface area contributed by atoms with E-state index in [4.69, 9.17) is 14.1 Å². The second-order valence-corrected chi connectivity index (χ2v) is 7.80. The lowest BCUT2D eigenvalue weighted by Crippen LogP contribution is -2.24. The summed E-state index contributed by atoms with van der Waals surface area (Å²) in [7, 11) is 0. The molecule has 2 aromatic carbocycles. The van der Waals surface area contributed by atoms with Gasteiger partial charge in [-0.3, -0.25) is 9.36 Å². The van der Waals surface area contributed by atoms with Gasteiger partial charge in [0.25, 0.3) is 5.56 Å². The van der Waals surface area contributed by atoms with E-state index in [9.17, 15) is 9.18 Å². The Hall–Kier alpha value is -2.97. The fourth-order valence-electron chi connectivity index (χ4n) is 3.19. The average molecular weight is 440 g/mol. The van der Waals surface area contributed by atoms with Gasteiger partial charge in [0.05, 0.1) is 16.6 Å². The Morgan fingerprint density at radius 1 is 1.16 bits per heavy atom. The Balaban J connectivity index is 1.56. The van der Waals surface area contributed by atoms with Crippen LogP contribution in [0.2, 0.25) is 0 Å². The van der Waals surface area contributed by atoms with Crippen LogP contribution in [-0.2, 0) is 17.0 Å². The molecule has 0 saturated heterocycles. The number of oxazole rings is 1. The predicted octanol–water partition coefficient (Wildman–Crippen LogP) is 4.91. The molecule has 0 radical (unpaired) electrons. The molecule has 4 aromatic rings. The Morgan fingerprint density at radius 2 is 2.03 bits per heavy atom. The summed E-state index contributed by atoms with van der Waals surface area (Å²) in [6.07, 6.45) is 2.26. The lowest BCUT2D eigenvalue weighted by Gasteiger charge is -2.12. The predicted molar refractivity (Wildman–Crippen MR) is 119 cm³/mol. The minimum absolute atomic E-state index is 0.0646. The van der Waals surface area contributed by atoms with Crippen molar-refractivity contribution >= 4 is 22.7 Å². The molecule has 0 saturated carbocycles. The maximum atomic E-state index is 13.5.